The molecule has 3 nitrogen and oxygen atoms in total. The quantitative estimate of drug-likeness (QED) is 0.782. The molecule has 1 aromatic carbocycles. The van der Waals surface area contributed by atoms with Crippen LogP contribution in [0.2, 0.25) is 0 Å². The van der Waals surface area contributed by atoms with Crippen LogP contribution in [0.15, 0.2) is 46.9 Å². The monoisotopic (exact) mass is 271 g/mol. The fourth-order valence-corrected chi connectivity index (χ4v) is 2.00. The number of benzene rings is 1. The lowest BCUT2D eigenvalue weighted by atomic mass is 10.2. The topological polar surface area (TPSA) is 34.4 Å². The first-order valence-corrected chi connectivity index (χ1v) is 6.81. The molecule has 0 bridgehead atoms. The lowest BCUT2D eigenvalue weighted by Gasteiger charge is -1.97. The Bertz CT molecular complexity index is 543. The molecule has 2 rings (SSSR count). The summed E-state index contributed by atoms with van der Waals surface area (Å²) in [5, 5.41) is 3.12. The normalized spacial score (nSPS) is 11.3. The van der Waals surface area contributed by atoms with Crippen LogP contribution in [0.5, 0.6) is 0 Å². The minimum atomic E-state index is 0.504. The first kappa shape index (κ1) is 14.6. The third-order valence-electron chi connectivity index (χ3n) is 3.01. The number of furan rings is 1. The lowest BCUT2D eigenvalue weighted by molar-refractivity contribution is 0.131. The van der Waals surface area contributed by atoms with E-state index in [9.17, 15) is 0 Å². The maximum atomic E-state index is 5.64. The highest BCUT2D eigenvalue weighted by Crippen LogP contribution is 2.15. The zero-order valence-corrected chi connectivity index (χ0v) is 12.1. The van der Waals surface area contributed by atoms with Crippen molar-refractivity contribution in [3.05, 3.63) is 65.1 Å². The Morgan fingerprint density at radius 1 is 1.25 bits per heavy atom. The van der Waals surface area contributed by atoms with Gasteiger partial charge in [-0.25, -0.2) is 0 Å². The van der Waals surface area contributed by atoms with E-state index < -0.39 is 0 Å². The van der Waals surface area contributed by atoms with E-state index in [-0.39, 0.29) is 0 Å². The standard InChI is InChI=1S/C17H21NO2/c1-14-16(12-18-2)11-17(20-14)13-19-10-6-9-15-7-4-3-5-8-15/h3-9,11,18H,10,12-13H2,1-2H3. The summed E-state index contributed by atoms with van der Waals surface area (Å²) in [4.78, 5) is 0. The molecule has 0 radical (unpaired) electrons. The molecule has 0 saturated heterocycles. The third-order valence-corrected chi connectivity index (χ3v) is 3.01. The highest BCUT2D eigenvalue weighted by Gasteiger charge is 2.05. The second-order valence-electron chi connectivity index (χ2n) is 4.65. The SMILES string of the molecule is CNCc1cc(COCC=Cc2ccccc2)oc1C. The van der Waals surface area contributed by atoms with Gasteiger partial charge in [-0.15, -0.1) is 0 Å². The summed E-state index contributed by atoms with van der Waals surface area (Å²) in [6.45, 7) is 3.88. The Labute approximate surface area is 120 Å². The Kier molecular flexibility index (Phi) is 5.59. The predicted octanol–water partition coefficient (Wildman–Crippen LogP) is 3.54. The lowest BCUT2D eigenvalue weighted by Crippen LogP contribution is -2.04. The van der Waals surface area contributed by atoms with Crippen LogP contribution in [0, 0.1) is 6.92 Å². The van der Waals surface area contributed by atoms with Gasteiger partial charge in [0.25, 0.3) is 0 Å². The average molecular weight is 271 g/mol. The van der Waals surface area contributed by atoms with Crippen molar-refractivity contribution in [2.24, 2.45) is 0 Å². The molecule has 0 amide bonds. The van der Waals surface area contributed by atoms with Crippen LogP contribution in [0.4, 0.5) is 0 Å². The summed E-state index contributed by atoms with van der Waals surface area (Å²) in [7, 11) is 1.93. The van der Waals surface area contributed by atoms with Gasteiger partial charge in [-0.3, -0.25) is 0 Å². The van der Waals surface area contributed by atoms with Crippen LogP contribution in [-0.2, 0) is 17.9 Å². The van der Waals surface area contributed by atoms with Crippen molar-refractivity contribution in [3.63, 3.8) is 0 Å². The first-order valence-electron chi connectivity index (χ1n) is 6.81. The maximum Gasteiger partial charge on any atom is 0.130 e. The molecule has 0 saturated carbocycles. The molecule has 1 heterocycles. The van der Waals surface area contributed by atoms with Crippen molar-refractivity contribution in [2.45, 2.75) is 20.1 Å². The molecule has 106 valence electrons. The number of nitrogens with one attached hydrogen (secondary N) is 1. The molecule has 0 fully saturated rings. The van der Waals surface area contributed by atoms with Gasteiger partial charge in [-0.05, 0) is 25.6 Å². The minimum Gasteiger partial charge on any atom is -0.464 e. The predicted molar refractivity (Wildman–Crippen MR) is 81.3 cm³/mol. The summed E-state index contributed by atoms with van der Waals surface area (Å²) in [5.74, 6) is 1.83. The molecule has 1 N–H and O–H groups in total. The van der Waals surface area contributed by atoms with E-state index in [0.29, 0.717) is 13.2 Å². The summed E-state index contributed by atoms with van der Waals surface area (Å²) in [6, 6.07) is 12.2. The van der Waals surface area contributed by atoms with E-state index in [2.05, 4.69) is 23.5 Å². The Hall–Kier alpha value is -1.84. The first-order chi connectivity index (χ1) is 9.79. The smallest absolute Gasteiger partial charge is 0.130 e. The second-order valence-corrected chi connectivity index (χ2v) is 4.65. The van der Waals surface area contributed by atoms with Crippen LogP contribution in [0.25, 0.3) is 6.08 Å². The van der Waals surface area contributed by atoms with Gasteiger partial charge in [0.05, 0.1) is 6.61 Å². The van der Waals surface area contributed by atoms with E-state index in [1.807, 2.05) is 44.3 Å². The molecular formula is C17H21NO2. The number of rotatable bonds is 7. The Morgan fingerprint density at radius 3 is 2.80 bits per heavy atom. The fourth-order valence-electron chi connectivity index (χ4n) is 2.00. The van der Waals surface area contributed by atoms with Gasteiger partial charge >= 0.3 is 0 Å². The molecule has 2 aromatic rings. The van der Waals surface area contributed by atoms with E-state index in [0.717, 1.165) is 18.1 Å². The molecule has 0 aliphatic carbocycles. The minimum absolute atomic E-state index is 0.504. The van der Waals surface area contributed by atoms with Crippen molar-refractivity contribution in [1.29, 1.82) is 0 Å². The Morgan fingerprint density at radius 2 is 2.05 bits per heavy atom. The summed E-state index contributed by atoms with van der Waals surface area (Å²) in [6.07, 6.45) is 4.07. The van der Waals surface area contributed by atoms with Gasteiger partial charge in [0, 0.05) is 12.1 Å². The molecule has 0 atom stereocenters. The van der Waals surface area contributed by atoms with Gasteiger partial charge in [-0.1, -0.05) is 42.5 Å². The zero-order valence-electron chi connectivity index (χ0n) is 12.1. The summed E-state index contributed by atoms with van der Waals surface area (Å²) >= 11 is 0. The van der Waals surface area contributed by atoms with Gasteiger partial charge in [0.1, 0.15) is 18.1 Å². The van der Waals surface area contributed by atoms with Crippen molar-refractivity contribution in [2.75, 3.05) is 13.7 Å². The van der Waals surface area contributed by atoms with Crippen molar-refractivity contribution >= 4 is 6.08 Å². The average Bonchev–Trinajstić information content (AvgIpc) is 2.80. The highest BCUT2D eigenvalue weighted by atomic mass is 16.5. The van der Waals surface area contributed by atoms with Crippen molar-refractivity contribution in [1.82, 2.24) is 5.32 Å². The highest BCUT2D eigenvalue weighted by molar-refractivity contribution is 5.48. The molecule has 0 spiro atoms. The molecule has 3 heteroatoms. The van der Waals surface area contributed by atoms with Crippen LogP contribution in [-0.4, -0.2) is 13.7 Å². The van der Waals surface area contributed by atoms with Crippen molar-refractivity contribution < 1.29 is 9.15 Å². The number of hydrogen-bond donors (Lipinski definition) is 1. The summed E-state index contributed by atoms with van der Waals surface area (Å²) in [5.41, 5.74) is 2.37. The van der Waals surface area contributed by atoms with Gasteiger partial charge in [0.2, 0.25) is 0 Å². The molecular weight excluding hydrogens is 250 g/mol. The van der Waals surface area contributed by atoms with Gasteiger partial charge in [0.15, 0.2) is 0 Å². The van der Waals surface area contributed by atoms with E-state index in [1.165, 1.54) is 11.1 Å². The van der Waals surface area contributed by atoms with Crippen LogP contribution in [0.1, 0.15) is 22.6 Å². The largest absolute Gasteiger partial charge is 0.464 e. The number of ether oxygens (including phenoxy) is 1. The molecule has 0 unspecified atom stereocenters. The molecule has 0 aliphatic rings. The summed E-state index contributed by atoms with van der Waals surface area (Å²) < 4.78 is 11.2. The van der Waals surface area contributed by atoms with Crippen LogP contribution in [0.3, 0.4) is 0 Å². The van der Waals surface area contributed by atoms with E-state index >= 15 is 0 Å². The Balaban J connectivity index is 1.76. The van der Waals surface area contributed by atoms with Gasteiger partial charge < -0.3 is 14.5 Å². The molecule has 0 aliphatic heterocycles. The maximum absolute atomic E-state index is 5.64. The van der Waals surface area contributed by atoms with Crippen molar-refractivity contribution in [3.8, 4) is 0 Å². The van der Waals surface area contributed by atoms with Crippen LogP contribution < -0.4 is 5.32 Å². The third kappa shape index (κ3) is 4.37. The fraction of sp³-hybridized carbons (Fsp3) is 0.294. The molecule has 1 aromatic heterocycles. The number of aryl methyl sites for hydroxylation is 1. The zero-order chi connectivity index (χ0) is 14.2. The second kappa shape index (κ2) is 7.68. The van der Waals surface area contributed by atoms with Gasteiger partial charge in [-0.2, -0.15) is 0 Å². The molecule has 20 heavy (non-hydrogen) atoms. The number of hydrogen-bond acceptors (Lipinski definition) is 3. The van der Waals surface area contributed by atoms with Crippen LogP contribution >= 0.6 is 0 Å². The van der Waals surface area contributed by atoms with E-state index in [1.54, 1.807) is 0 Å². The van der Waals surface area contributed by atoms with E-state index in [4.69, 9.17) is 9.15 Å².